The van der Waals surface area contributed by atoms with Crippen molar-refractivity contribution in [1.29, 1.82) is 0 Å². The van der Waals surface area contributed by atoms with Gasteiger partial charge in [0.2, 0.25) is 0 Å². The van der Waals surface area contributed by atoms with Crippen molar-refractivity contribution in [2.75, 3.05) is 0 Å². The number of nitrogens with zero attached hydrogens (tertiary/aromatic N) is 4. The molecular weight excluding hydrogens is 340 g/mol. The quantitative estimate of drug-likeness (QED) is 0.658. The molecule has 0 fully saturated rings. The zero-order chi connectivity index (χ0) is 18.0. The molecule has 0 spiro atoms. The van der Waals surface area contributed by atoms with Gasteiger partial charge in [0, 0.05) is 18.5 Å². The Bertz CT molecular complexity index is 962. The molecule has 0 atom stereocenters. The topological polar surface area (TPSA) is 61.9 Å². The number of halogens is 1. The van der Waals surface area contributed by atoms with E-state index in [2.05, 4.69) is 10.4 Å². The van der Waals surface area contributed by atoms with Crippen LogP contribution in [-0.4, -0.2) is 19.8 Å². The fourth-order valence-corrected chi connectivity index (χ4v) is 2.81. The molecule has 0 aliphatic rings. The van der Waals surface area contributed by atoms with E-state index in [0.29, 0.717) is 18.2 Å². The summed E-state index contributed by atoms with van der Waals surface area (Å²) in [4.78, 5) is 12.2. The van der Waals surface area contributed by atoms with Crippen LogP contribution in [0.25, 0.3) is 5.69 Å². The van der Waals surface area contributed by atoms with Gasteiger partial charge in [-0.3, -0.25) is 0 Å². The maximum atomic E-state index is 12.2. The van der Waals surface area contributed by atoms with Gasteiger partial charge in [0.1, 0.15) is 12.4 Å². The molecule has 1 heterocycles. The lowest BCUT2D eigenvalue weighted by Gasteiger charge is -2.14. The molecule has 0 N–H and O–H groups in total. The maximum Gasteiger partial charge on any atom is 0.368 e. The maximum absolute atomic E-state index is 12.2. The molecular formula is C18H19ClN4O2. The molecule has 130 valence electrons. The van der Waals surface area contributed by atoms with Crippen molar-refractivity contribution in [3.63, 3.8) is 0 Å². The van der Waals surface area contributed by atoms with Crippen LogP contribution in [-0.2, 0) is 19.5 Å². The van der Waals surface area contributed by atoms with E-state index in [-0.39, 0.29) is 5.69 Å². The van der Waals surface area contributed by atoms with Crippen LogP contribution in [0.4, 0.5) is 0 Å². The van der Waals surface area contributed by atoms with E-state index >= 15 is 0 Å². The molecule has 0 aliphatic carbocycles. The molecule has 0 radical (unpaired) electrons. The number of hydrogen-bond donors (Lipinski definition) is 0. The van der Waals surface area contributed by atoms with Crippen molar-refractivity contribution < 1.29 is 4.74 Å². The summed E-state index contributed by atoms with van der Waals surface area (Å²) in [5.74, 6) is 1.26. The van der Waals surface area contributed by atoms with Crippen molar-refractivity contribution in [1.82, 2.24) is 19.8 Å². The molecule has 2 aromatic carbocycles. The minimum Gasteiger partial charge on any atom is -0.489 e. The van der Waals surface area contributed by atoms with Crippen LogP contribution in [0, 0.1) is 13.8 Å². The first-order valence-electron chi connectivity index (χ1n) is 7.87. The fourth-order valence-electron chi connectivity index (χ4n) is 2.64. The minimum absolute atomic E-state index is 0.297. The normalized spacial score (nSPS) is 10.9. The number of ether oxygens (including phenoxy) is 1. The molecule has 0 aliphatic heterocycles. The standard InChI is InChI=1S/C18H19ClN4O2/c1-12-5-4-6-16(23-18(24)22(3)20-21-23)15(12)11-25-17-8-7-14(10-19)9-13(17)2/h4-9H,10-11H2,1-3H3. The van der Waals surface area contributed by atoms with Gasteiger partial charge >= 0.3 is 5.69 Å². The van der Waals surface area contributed by atoms with Crippen LogP contribution in [0.2, 0.25) is 0 Å². The van der Waals surface area contributed by atoms with E-state index in [1.807, 2.05) is 50.2 Å². The third-order valence-corrected chi connectivity index (χ3v) is 4.41. The van der Waals surface area contributed by atoms with Crippen LogP contribution >= 0.6 is 11.6 Å². The van der Waals surface area contributed by atoms with E-state index in [1.54, 1.807) is 7.05 Å². The van der Waals surface area contributed by atoms with Gasteiger partial charge in [-0.2, -0.15) is 9.36 Å². The van der Waals surface area contributed by atoms with Gasteiger partial charge in [-0.15, -0.1) is 11.6 Å². The minimum atomic E-state index is -0.297. The van der Waals surface area contributed by atoms with Gasteiger partial charge in [0.25, 0.3) is 0 Å². The molecule has 3 aromatic rings. The Morgan fingerprint density at radius 2 is 1.92 bits per heavy atom. The monoisotopic (exact) mass is 358 g/mol. The molecule has 0 bridgehead atoms. The summed E-state index contributed by atoms with van der Waals surface area (Å²) in [6.07, 6.45) is 0. The average Bonchev–Trinajstić information content (AvgIpc) is 2.93. The van der Waals surface area contributed by atoms with E-state index in [1.165, 1.54) is 9.36 Å². The molecule has 0 unspecified atom stereocenters. The molecule has 3 rings (SSSR count). The largest absolute Gasteiger partial charge is 0.489 e. The average molecular weight is 359 g/mol. The number of rotatable bonds is 5. The predicted molar refractivity (Wildman–Crippen MR) is 96.4 cm³/mol. The lowest BCUT2D eigenvalue weighted by Crippen LogP contribution is -2.23. The molecule has 0 saturated heterocycles. The number of alkyl halides is 1. The van der Waals surface area contributed by atoms with Crippen LogP contribution < -0.4 is 10.4 Å². The van der Waals surface area contributed by atoms with E-state index < -0.39 is 0 Å². The van der Waals surface area contributed by atoms with Crippen molar-refractivity contribution in [3.8, 4) is 11.4 Å². The summed E-state index contributed by atoms with van der Waals surface area (Å²) >= 11 is 5.86. The molecule has 0 amide bonds. The third kappa shape index (κ3) is 3.44. The first kappa shape index (κ1) is 17.2. The summed E-state index contributed by atoms with van der Waals surface area (Å²) in [5, 5.41) is 7.71. The molecule has 7 heteroatoms. The van der Waals surface area contributed by atoms with Crippen molar-refractivity contribution in [2.45, 2.75) is 26.3 Å². The van der Waals surface area contributed by atoms with Gasteiger partial charge in [0.05, 0.1) is 5.69 Å². The second kappa shape index (κ2) is 7.11. The van der Waals surface area contributed by atoms with E-state index in [4.69, 9.17) is 16.3 Å². The van der Waals surface area contributed by atoms with Crippen molar-refractivity contribution in [2.24, 2.45) is 7.05 Å². The first-order chi connectivity index (χ1) is 12.0. The second-order valence-electron chi connectivity index (χ2n) is 5.89. The lowest BCUT2D eigenvalue weighted by atomic mass is 10.1. The Hall–Kier alpha value is -2.60. The smallest absolute Gasteiger partial charge is 0.368 e. The van der Waals surface area contributed by atoms with Crippen LogP contribution in [0.15, 0.2) is 41.2 Å². The van der Waals surface area contributed by atoms with E-state index in [0.717, 1.165) is 28.0 Å². The summed E-state index contributed by atoms with van der Waals surface area (Å²) < 4.78 is 8.48. The highest BCUT2D eigenvalue weighted by Gasteiger charge is 2.14. The summed E-state index contributed by atoms with van der Waals surface area (Å²) in [6, 6.07) is 11.6. The highest BCUT2D eigenvalue weighted by molar-refractivity contribution is 6.17. The number of aromatic nitrogens is 4. The molecule has 6 nitrogen and oxygen atoms in total. The number of hydrogen-bond acceptors (Lipinski definition) is 4. The zero-order valence-electron chi connectivity index (χ0n) is 14.4. The van der Waals surface area contributed by atoms with E-state index in [9.17, 15) is 4.79 Å². The summed E-state index contributed by atoms with van der Waals surface area (Å²) in [5.41, 5.74) is 4.36. The number of tetrazole rings is 1. The Balaban J connectivity index is 1.93. The van der Waals surface area contributed by atoms with Gasteiger partial charge in [0.15, 0.2) is 0 Å². The lowest BCUT2D eigenvalue weighted by molar-refractivity contribution is 0.302. The Kier molecular flexibility index (Phi) is 4.90. The van der Waals surface area contributed by atoms with Crippen LogP contribution in [0.1, 0.15) is 22.3 Å². The van der Waals surface area contributed by atoms with Gasteiger partial charge in [-0.1, -0.05) is 24.3 Å². The Morgan fingerprint density at radius 1 is 1.12 bits per heavy atom. The molecule has 1 aromatic heterocycles. The Morgan fingerprint density at radius 3 is 2.56 bits per heavy atom. The highest BCUT2D eigenvalue weighted by Crippen LogP contribution is 2.24. The number of benzene rings is 2. The first-order valence-corrected chi connectivity index (χ1v) is 8.41. The van der Waals surface area contributed by atoms with Crippen LogP contribution in [0.5, 0.6) is 5.75 Å². The molecule has 25 heavy (non-hydrogen) atoms. The van der Waals surface area contributed by atoms with Crippen molar-refractivity contribution in [3.05, 3.63) is 69.1 Å². The van der Waals surface area contributed by atoms with Gasteiger partial charge in [-0.05, 0) is 53.1 Å². The summed E-state index contributed by atoms with van der Waals surface area (Å²) in [7, 11) is 1.57. The third-order valence-electron chi connectivity index (χ3n) is 4.10. The fraction of sp³-hybridized carbons (Fsp3) is 0.278. The van der Waals surface area contributed by atoms with Gasteiger partial charge in [-0.25, -0.2) is 4.79 Å². The number of aryl methyl sites for hydroxylation is 3. The Labute approximate surface area is 150 Å². The molecule has 0 saturated carbocycles. The SMILES string of the molecule is Cc1cc(CCl)ccc1OCc1c(C)cccc1-n1nnn(C)c1=O. The summed E-state index contributed by atoms with van der Waals surface area (Å²) in [6.45, 7) is 4.29. The van der Waals surface area contributed by atoms with Crippen LogP contribution in [0.3, 0.4) is 0 Å². The highest BCUT2D eigenvalue weighted by atomic mass is 35.5. The second-order valence-corrected chi connectivity index (χ2v) is 6.16. The van der Waals surface area contributed by atoms with Gasteiger partial charge < -0.3 is 4.74 Å². The zero-order valence-corrected chi connectivity index (χ0v) is 15.1. The predicted octanol–water partition coefficient (Wildman–Crippen LogP) is 2.90. The van der Waals surface area contributed by atoms with Crippen molar-refractivity contribution >= 4 is 11.6 Å².